The van der Waals surface area contributed by atoms with Crippen LogP contribution in [0.25, 0.3) is 89.2 Å². The summed E-state index contributed by atoms with van der Waals surface area (Å²) in [4.78, 5) is 19.8. The molecule has 0 amide bonds. The molecule has 234 valence electrons. The maximum absolute atomic E-state index is 5.16. The van der Waals surface area contributed by atoms with Gasteiger partial charge in [-0.25, -0.2) is 4.98 Å². The fourth-order valence-corrected chi connectivity index (χ4v) is 7.25. The summed E-state index contributed by atoms with van der Waals surface area (Å²) in [5, 5.41) is 4.53. The van der Waals surface area contributed by atoms with Gasteiger partial charge in [-0.05, 0) is 42.0 Å². The van der Waals surface area contributed by atoms with Gasteiger partial charge in [0, 0.05) is 56.3 Å². The molecule has 6 heteroatoms. The lowest BCUT2D eigenvalue weighted by Crippen LogP contribution is -2.06. The monoisotopic (exact) mass is 640 g/mol. The van der Waals surface area contributed by atoms with Gasteiger partial charge in [0.1, 0.15) is 0 Å². The Balaban J connectivity index is 1.27. The number of fused-ring (bicyclic) bond motifs is 6. The Morgan fingerprint density at radius 3 is 1.76 bits per heavy atom. The van der Waals surface area contributed by atoms with E-state index in [9.17, 15) is 0 Å². The van der Waals surface area contributed by atoms with Gasteiger partial charge < -0.3 is 4.57 Å². The Labute approximate surface area is 287 Å². The van der Waals surface area contributed by atoms with Gasteiger partial charge in [-0.15, -0.1) is 0 Å². The lowest BCUT2D eigenvalue weighted by molar-refractivity contribution is 0.954. The van der Waals surface area contributed by atoms with Crippen LogP contribution in [0.3, 0.4) is 0 Å². The number of nitrogens with zero attached hydrogens (tertiary/aromatic N) is 6. The molecule has 0 saturated heterocycles. The fourth-order valence-electron chi connectivity index (χ4n) is 7.25. The minimum absolute atomic E-state index is 0.572. The van der Waals surface area contributed by atoms with Crippen molar-refractivity contribution in [1.29, 1.82) is 0 Å². The highest BCUT2D eigenvalue weighted by Gasteiger charge is 2.21. The predicted octanol–water partition coefficient (Wildman–Crippen LogP) is 10.5. The zero-order valence-corrected chi connectivity index (χ0v) is 26.8. The van der Waals surface area contributed by atoms with E-state index in [4.69, 9.17) is 15.0 Å². The summed E-state index contributed by atoms with van der Waals surface area (Å²) >= 11 is 0. The number of hydrogen-bond donors (Lipinski definition) is 0. The van der Waals surface area contributed by atoms with Crippen molar-refractivity contribution in [1.82, 2.24) is 29.1 Å². The molecule has 0 unspecified atom stereocenters. The standard InChI is InChI=1S/C44H28N6/c1-4-13-29(14-5-1)42-46-43(30-15-6-2-7-16-30)48-44(47-42)50-38-22-11-10-19-34(38)35-21-12-20-33(41(35)50)31-23-24-39-36(27-31)37-28-45-26-25-40(37)49(39)32-17-8-3-9-18-32/h1-28H. The van der Waals surface area contributed by atoms with Crippen molar-refractivity contribution in [3.8, 4) is 45.5 Å². The third-order valence-corrected chi connectivity index (χ3v) is 9.47. The van der Waals surface area contributed by atoms with Crippen LogP contribution in [0.5, 0.6) is 0 Å². The molecular weight excluding hydrogens is 613 g/mol. The molecule has 0 aliphatic heterocycles. The Morgan fingerprint density at radius 1 is 0.400 bits per heavy atom. The highest BCUT2D eigenvalue weighted by atomic mass is 15.2. The Bertz CT molecular complexity index is 2800. The van der Waals surface area contributed by atoms with Crippen molar-refractivity contribution in [3.63, 3.8) is 0 Å². The topological polar surface area (TPSA) is 61.4 Å². The first kappa shape index (κ1) is 28.1. The molecule has 0 N–H and O–H groups in total. The molecule has 0 radical (unpaired) electrons. The summed E-state index contributed by atoms with van der Waals surface area (Å²) in [6.45, 7) is 0. The van der Waals surface area contributed by atoms with Gasteiger partial charge in [0.25, 0.3) is 0 Å². The van der Waals surface area contributed by atoms with Crippen LogP contribution >= 0.6 is 0 Å². The number of rotatable bonds is 5. The van der Waals surface area contributed by atoms with Gasteiger partial charge in [0.05, 0.1) is 22.1 Å². The summed E-state index contributed by atoms with van der Waals surface area (Å²) in [6, 6.07) is 54.6. The quantitative estimate of drug-likeness (QED) is 0.188. The van der Waals surface area contributed by atoms with Crippen LogP contribution < -0.4 is 0 Å². The maximum Gasteiger partial charge on any atom is 0.238 e. The molecule has 0 aliphatic carbocycles. The number of aromatic nitrogens is 6. The van der Waals surface area contributed by atoms with Gasteiger partial charge in [-0.3, -0.25) is 9.55 Å². The summed E-state index contributed by atoms with van der Waals surface area (Å²) in [5.74, 6) is 1.82. The van der Waals surface area contributed by atoms with E-state index in [1.54, 1.807) is 0 Å². The predicted molar refractivity (Wildman–Crippen MR) is 203 cm³/mol. The van der Waals surface area contributed by atoms with Crippen molar-refractivity contribution in [2.75, 3.05) is 0 Å². The van der Waals surface area contributed by atoms with E-state index in [-0.39, 0.29) is 0 Å². The van der Waals surface area contributed by atoms with E-state index >= 15 is 0 Å². The van der Waals surface area contributed by atoms with Crippen LogP contribution in [-0.2, 0) is 0 Å². The van der Waals surface area contributed by atoms with Crippen molar-refractivity contribution in [2.24, 2.45) is 0 Å². The lowest BCUT2D eigenvalue weighted by atomic mass is 10.00. The van der Waals surface area contributed by atoms with Crippen molar-refractivity contribution in [2.45, 2.75) is 0 Å². The van der Waals surface area contributed by atoms with Crippen molar-refractivity contribution < 1.29 is 0 Å². The van der Waals surface area contributed by atoms with Gasteiger partial charge in [-0.1, -0.05) is 121 Å². The van der Waals surface area contributed by atoms with Crippen LogP contribution in [-0.4, -0.2) is 29.1 Å². The van der Waals surface area contributed by atoms with Crippen LogP contribution in [0.2, 0.25) is 0 Å². The molecule has 0 fully saturated rings. The van der Waals surface area contributed by atoms with Crippen molar-refractivity contribution in [3.05, 3.63) is 170 Å². The maximum atomic E-state index is 5.16. The van der Waals surface area contributed by atoms with Gasteiger partial charge in [0.15, 0.2) is 11.6 Å². The molecule has 4 heterocycles. The number of hydrogen-bond acceptors (Lipinski definition) is 4. The summed E-state index contributed by atoms with van der Waals surface area (Å²) in [6.07, 6.45) is 3.84. The summed E-state index contributed by atoms with van der Waals surface area (Å²) in [5.41, 5.74) is 9.51. The lowest BCUT2D eigenvalue weighted by Gasteiger charge is -2.13. The Hall–Kier alpha value is -6.92. The second kappa shape index (κ2) is 11.4. The molecular formula is C44H28N6. The normalized spacial score (nSPS) is 11.6. The number of para-hydroxylation sites is 3. The van der Waals surface area contributed by atoms with E-state index in [2.05, 4.69) is 111 Å². The summed E-state index contributed by atoms with van der Waals surface area (Å²) < 4.78 is 4.52. The molecule has 0 saturated carbocycles. The molecule has 50 heavy (non-hydrogen) atoms. The molecule has 6 nitrogen and oxygen atoms in total. The first-order valence-electron chi connectivity index (χ1n) is 16.7. The van der Waals surface area contributed by atoms with Gasteiger partial charge >= 0.3 is 0 Å². The minimum atomic E-state index is 0.572. The van der Waals surface area contributed by atoms with Crippen molar-refractivity contribution >= 4 is 43.6 Å². The summed E-state index contributed by atoms with van der Waals surface area (Å²) in [7, 11) is 0. The first-order valence-corrected chi connectivity index (χ1v) is 16.7. The van der Waals surface area contributed by atoms with Crippen LogP contribution in [0.15, 0.2) is 170 Å². The van der Waals surface area contributed by atoms with E-state index in [1.807, 2.05) is 73.1 Å². The average Bonchev–Trinajstić information content (AvgIpc) is 3.71. The Kier molecular flexibility index (Phi) is 6.39. The second-order valence-corrected chi connectivity index (χ2v) is 12.4. The molecule has 10 rings (SSSR count). The molecule has 6 aromatic carbocycles. The smallest absolute Gasteiger partial charge is 0.238 e. The second-order valence-electron chi connectivity index (χ2n) is 12.4. The van der Waals surface area contributed by atoms with E-state index < -0.39 is 0 Å². The van der Waals surface area contributed by atoms with E-state index in [0.29, 0.717) is 17.6 Å². The zero-order chi connectivity index (χ0) is 33.0. The fraction of sp³-hybridized carbons (Fsp3) is 0. The zero-order valence-electron chi connectivity index (χ0n) is 26.8. The number of pyridine rings is 1. The third-order valence-electron chi connectivity index (χ3n) is 9.47. The SMILES string of the molecule is c1ccc(-c2nc(-c3ccccc3)nc(-n3c4ccccc4c4cccc(-c5ccc6c(c5)c5cnccc5n6-c5ccccc5)c43)n2)cc1. The van der Waals surface area contributed by atoms with Crippen LogP contribution in [0.1, 0.15) is 0 Å². The highest BCUT2D eigenvalue weighted by Crippen LogP contribution is 2.40. The first-order chi connectivity index (χ1) is 24.8. The van der Waals surface area contributed by atoms with Gasteiger partial charge in [-0.2, -0.15) is 9.97 Å². The third kappa shape index (κ3) is 4.43. The van der Waals surface area contributed by atoms with Crippen LogP contribution in [0, 0.1) is 0 Å². The van der Waals surface area contributed by atoms with Crippen LogP contribution in [0.4, 0.5) is 0 Å². The minimum Gasteiger partial charge on any atom is -0.309 e. The molecule has 0 atom stereocenters. The van der Waals surface area contributed by atoms with E-state index in [1.165, 1.54) is 0 Å². The van der Waals surface area contributed by atoms with E-state index in [0.717, 1.165) is 71.6 Å². The average molecular weight is 641 g/mol. The largest absolute Gasteiger partial charge is 0.309 e. The molecule has 0 bridgehead atoms. The molecule has 0 spiro atoms. The molecule has 10 aromatic rings. The van der Waals surface area contributed by atoms with Gasteiger partial charge in [0.2, 0.25) is 5.95 Å². The molecule has 4 aromatic heterocycles. The Morgan fingerprint density at radius 2 is 1.02 bits per heavy atom. The number of benzene rings is 6. The highest BCUT2D eigenvalue weighted by molar-refractivity contribution is 6.15. The molecule has 0 aliphatic rings.